The fourth-order valence-electron chi connectivity index (χ4n) is 12.4. The van der Waals surface area contributed by atoms with Crippen LogP contribution in [0.15, 0.2) is 11.6 Å². The molecule has 0 spiro atoms. The van der Waals surface area contributed by atoms with Crippen LogP contribution in [0, 0.1) is 56.7 Å². The Morgan fingerprint density at radius 1 is 0.860 bits per heavy atom. The molecule has 43 heavy (non-hydrogen) atoms. The molecule has 15 atom stereocenters. The molecular weight excluding hydrogens is 544 g/mol. The molecular formula is C36H58O7. The van der Waals surface area contributed by atoms with Crippen LogP contribution in [0.4, 0.5) is 0 Å². The number of ether oxygens (including phenoxy) is 2. The molecule has 5 fully saturated rings. The van der Waals surface area contributed by atoms with Gasteiger partial charge in [0.15, 0.2) is 6.29 Å². The van der Waals surface area contributed by atoms with Gasteiger partial charge in [-0.05, 0) is 116 Å². The summed E-state index contributed by atoms with van der Waals surface area (Å²) in [5, 5.41) is 41.9. The maximum Gasteiger partial charge on any atom is 0.310 e. The van der Waals surface area contributed by atoms with E-state index in [-0.39, 0.29) is 33.7 Å². The number of fused-ring (bicyclic) bond motifs is 7. The van der Waals surface area contributed by atoms with E-state index < -0.39 is 42.1 Å². The van der Waals surface area contributed by atoms with Gasteiger partial charge in [0.25, 0.3) is 0 Å². The fourth-order valence-corrected chi connectivity index (χ4v) is 12.4. The third-order valence-corrected chi connectivity index (χ3v) is 15.5. The minimum absolute atomic E-state index is 0.0104. The molecule has 1 saturated heterocycles. The highest BCUT2D eigenvalue weighted by atomic mass is 16.7. The first-order valence-corrected chi connectivity index (χ1v) is 17.2. The molecule has 5 aliphatic carbocycles. The van der Waals surface area contributed by atoms with Crippen LogP contribution < -0.4 is 0 Å². The van der Waals surface area contributed by atoms with Gasteiger partial charge in [-0.3, -0.25) is 4.79 Å². The van der Waals surface area contributed by atoms with Crippen molar-refractivity contribution in [3.63, 3.8) is 0 Å². The Bertz CT molecular complexity index is 1150. The van der Waals surface area contributed by atoms with Gasteiger partial charge < -0.3 is 29.9 Å². The Balaban J connectivity index is 1.30. The minimum Gasteiger partial charge on any atom is -0.481 e. The number of carbonyl (C=O) groups is 1. The zero-order valence-electron chi connectivity index (χ0n) is 27.8. The lowest BCUT2D eigenvalue weighted by molar-refractivity contribution is -0.324. The number of aliphatic carboxylic acids is 1. The lowest BCUT2D eigenvalue weighted by Crippen LogP contribution is -2.66. The molecule has 4 N–H and O–H groups in total. The van der Waals surface area contributed by atoms with Gasteiger partial charge in [-0.15, -0.1) is 0 Å². The Hall–Kier alpha value is -0.990. The SMILES string of the molecule is C[C@H]1[C@H](C)CC[C@]2(C(=O)O)CC[C@]3(C)C(=CC[C@@H]4[C@@]5(C)CC[C@H](O[C@H]6O[C@@H](C)[C@@H](O)[C@@H](O)[C@@H]6O)C(C)(C)[C@@H]5CC[C@]43C)[C@H]12. The highest BCUT2D eigenvalue weighted by Crippen LogP contribution is 2.76. The van der Waals surface area contributed by atoms with E-state index >= 15 is 0 Å². The zero-order valence-corrected chi connectivity index (χ0v) is 27.8. The molecule has 0 unspecified atom stereocenters. The van der Waals surface area contributed by atoms with Crippen LogP contribution in [0.5, 0.6) is 0 Å². The Kier molecular flexibility index (Phi) is 7.62. The zero-order chi connectivity index (χ0) is 31.5. The van der Waals surface area contributed by atoms with Crippen molar-refractivity contribution in [3.05, 3.63) is 11.6 Å². The third-order valence-electron chi connectivity index (χ3n) is 15.5. The number of hydrogen-bond acceptors (Lipinski definition) is 6. The van der Waals surface area contributed by atoms with Crippen LogP contribution in [0.3, 0.4) is 0 Å². The van der Waals surface area contributed by atoms with Crippen molar-refractivity contribution < 1.29 is 34.7 Å². The van der Waals surface area contributed by atoms with E-state index in [0.29, 0.717) is 23.7 Å². The van der Waals surface area contributed by atoms with Crippen molar-refractivity contribution in [1.82, 2.24) is 0 Å². The molecule has 0 amide bonds. The first-order chi connectivity index (χ1) is 20.0. The van der Waals surface area contributed by atoms with Crippen molar-refractivity contribution >= 4 is 5.97 Å². The minimum atomic E-state index is -1.30. The van der Waals surface area contributed by atoms with E-state index in [4.69, 9.17) is 9.47 Å². The normalized spacial score (nSPS) is 56.1. The molecule has 1 heterocycles. The summed E-state index contributed by atoms with van der Waals surface area (Å²) in [4.78, 5) is 13.0. The summed E-state index contributed by atoms with van der Waals surface area (Å²) >= 11 is 0. The first-order valence-electron chi connectivity index (χ1n) is 17.2. The maximum absolute atomic E-state index is 13.0. The Morgan fingerprint density at radius 3 is 2.23 bits per heavy atom. The molecule has 0 aromatic heterocycles. The van der Waals surface area contributed by atoms with Crippen LogP contribution in [0.1, 0.15) is 113 Å². The third kappa shape index (κ3) is 4.19. The van der Waals surface area contributed by atoms with Crippen molar-refractivity contribution in [2.75, 3.05) is 0 Å². The summed E-state index contributed by atoms with van der Waals surface area (Å²) in [7, 11) is 0. The predicted octanol–water partition coefficient (Wildman–Crippen LogP) is 5.94. The molecule has 244 valence electrons. The second-order valence-electron chi connectivity index (χ2n) is 17.3. The molecule has 4 saturated carbocycles. The van der Waals surface area contributed by atoms with Gasteiger partial charge in [0.2, 0.25) is 0 Å². The standard InChI is InChI=1S/C36H58O7/c1-19-11-16-36(31(40)41)18-17-34(7)22(26(36)20(19)2)9-10-24-33(6)14-13-25(32(4,5)23(33)12-15-35(24,34)8)43-30-29(39)28(38)27(37)21(3)42-30/h9,19-21,23-30,37-39H,10-18H2,1-8H3,(H,40,41)/t19-,20+,21+,23+,24-,25+,26+,27-,28-,29+,30-,33+,34-,35-,36+/m1/s1. The number of carboxylic acids is 1. The molecule has 0 aromatic carbocycles. The van der Waals surface area contributed by atoms with Gasteiger partial charge in [0.1, 0.15) is 18.3 Å². The van der Waals surface area contributed by atoms with Crippen LogP contribution in [-0.4, -0.2) is 63.2 Å². The summed E-state index contributed by atoms with van der Waals surface area (Å²) in [5.74, 6) is 1.36. The molecule has 0 radical (unpaired) electrons. The smallest absolute Gasteiger partial charge is 0.310 e. The van der Waals surface area contributed by atoms with Gasteiger partial charge in [0.05, 0.1) is 17.6 Å². The van der Waals surface area contributed by atoms with Crippen LogP contribution >= 0.6 is 0 Å². The second-order valence-corrected chi connectivity index (χ2v) is 17.3. The molecule has 7 heteroatoms. The summed E-state index contributed by atoms with van der Waals surface area (Å²) in [6, 6.07) is 0. The van der Waals surface area contributed by atoms with Crippen LogP contribution in [0.25, 0.3) is 0 Å². The summed E-state index contributed by atoms with van der Waals surface area (Å²) in [6.45, 7) is 18.5. The lowest BCUT2D eigenvalue weighted by Gasteiger charge is -2.71. The number of hydrogen-bond donors (Lipinski definition) is 4. The molecule has 6 rings (SSSR count). The van der Waals surface area contributed by atoms with Gasteiger partial charge in [0, 0.05) is 0 Å². The lowest BCUT2D eigenvalue weighted by atomic mass is 9.33. The topological polar surface area (TPSA) is 116 Å². The summed E-state index contributed by atoms with van der Waals surface area (Å²) in [5.41, 5.74) is 0.856. The van der Waals surface area contributed by atoms with Crippen molar-refractivity contribution in [3.8, 4) is 0 Å². The predicted molar refractivity (Wildman–Crippen MR) is 164 cm³/mol. The fraction of sp³-hybridized carbons (Fsp3) is 0.917. The Labute approximate surface area is 258 Å². The maximum atomic E-state index is 13.0. The highest BCUT2D eigenvalue weighted by molar-refractivity contribution is 5.76. The van der Waals surface area contributed by atoms with E-state index in [1.165, 1.54) is 5.57 Å². The Morgan fingerprint density at radius 2 is 1.56 bits per heavy atom. The van der Waals surface area contributed by atoms with E-state index in [0.717, 1.165) is 57.8 Å². The van der Waals surface area contributed by atoms with Gasteiger partial charge in [-0.2, -0.15) is 0 Å². The van der Waals surface area contributed by atoms with Crippen molar-refractivity contribution in [2.45, 2.75) is 150 Å². The monoisotopic (exact) mass is 602 g/mol. The van der Waals surface area contributed by atoms with Crippen molar-refractivity contribution in [1.29, 1.82) is 0 Å². The van der Waals surface area contributed by atoms with E-state index in [2.05, 4.69) is 54.5 Å². The molecule has 0 aromatic rings. The summed E-state index contributed by atoms with van der Waals surface area (Å²) in [6.07, 6.45) is 5.71. The van der Waals surface area contributed by atoms with Gasteiger partial charge in [-0.1, -0.05) is 60.1 Å². The average molecular weight is 603 g/mol. The van der Waals surface area contributed by atoms with Gasteiger partial charge in [-0.25, -0.2) is 0 Å². The molecule has 0 bridgehead atoms. The molecule has 1 aliphatic heterocycles. The largest absolute Gasteiger partial charge is 0.481 e. The van der Waals surface area contributed by atoms with Crippen LogP contribution in [-0.2, 0) is 14.3 Å². The van der Waals surface area contributed by atoms with Gasteiger partial charge >= 0.3 is 5.97 Å². The quantitative estimate of drug-likeness (QED) is 0.233. The highest BCUT2D eigenvalue weighted by Gasteiger charge is 2.69. The molecule has 6 aliphatic rings. The van der Waals surface area contributed by atoms with E-state index in [1.807, 2.05) is 0 Å². The van der Waals surface area contributed by atoms with E-state index in [1.54, 1.807) is 6.92 Å². The average Bonchev–Trinajstić information content (AvgIpc) is 2.94. The van der Waals surface area contributed by atoms with Crippen molar-refractivity contribution in [2.24, 2.45) is 56.7 Å². The molecule has 7 nitrogen and oxygen atoms in total. The number of allylic oxidation sites excluding steroid dienone is 2. The number of rotatable bonds is 3. The second kappa shape index (κ2) is 10.3. The van der Waals surface area contributed by atoms with Crippen LogP contribution in [0.2, 0.25) is 0 Å². The number of carboxylic acid groups (broad SMARTS) is 1. The first kappa shape index (κ1) is 32.0. The van der Waals surface area contributed by atoms with E-state index in [9.17, 15) is 25.2 Å². The number of aliphatic hydroxyl groups is 3. The number of aliphatic hydroxyl groups excluding tert-OH is 3. The summed E-state index contributed by atoms with van der Waals surface area (Å²) < 4.78 is 12.4.